The zero-order chi connectivity index (χ0) is 19.1. The van der Waals surface area contributed by atoms with Gasteiger partial charge in [0, 0.05) is 6.42 Å². The molecule has 2 nitrogen and oxygen atoms in total. The summed E-state index contributed by atoms with van der Waals surface area (Å²) in [7, 11) is 0. The van der Waals surface area contributed by atoms with Gasteiger partial charge in [-0.1, -0.05) is 106 Å². The van der Waals surface area contributed by atoms with E-state index in [9.17, 15) is 4.79 Å². The number of carboxylic acid groups (broad SMARTS) is 1. The van der Waals surface area contributed by atoms with Crippen LogP contribution < -0.4 is 0 Å². The summed E-state index contributed by atoms with van der Waals surface area (Å²) >= 11 is 0. The standard InChI is InChI=1S/C24H38O2/c1-2-3-4-5-6-7-8-9-10-11-12-13-14-15-16-17-18-19-20-21-22-23-24(25)26/h6-15H,2-5,16-23H2,1H3,(H,25,26)/b7-6+,9-8+,11-10+,13-12+,15-14-. The summed E-state index contributed by atoms with van der Waals surface area (Å²) in [5.41, 5.74) is 0. The Morgan fingerprint density at radius 1 is 0.615 bits per heavy atom. The van der Waals surface area contributed by atoms with Crippen LogP contribution in [0.4, 0.5) is 0 Å². The molecule has 1 N–H and O–H groups in total. The van der Waals surface area contributed by atoms with Crippen LogP contribution in [0.15, 0.2) is 60.8 Å². The van der Waals surface area contributed by atoms with Crippen molar-refractivity contribution in [2.45, 2.75) is 84.0 Å². The first-order chi connectivity index (χ1) is 12.8. The van der Waals surface area contributed by atoms with Crippen molar-refractivity contribution in [3.63, 3.8) is 0 Å². The largest absolute Gasteiger partial charge is 0.481 e. The Hall–Kier alpha value is -1.83. The van der Waals surface area contributed by atoms with Crippen LogP contribution in [0.25, 0.3) is 0 Å². The van der Waals surface area contributed by atoms with E-state index < -0.39 is 5.97 Å². The first-order valence-electron chi connectivity index (χ1n) is 10.3. The molecule has 0 saturated heterocycles. The second kappa shape index (κ2) is 21.2. The molecule has 0 aromatic rings. The molecule has 0 aromatic heterocycles. The second-order valence-corrected chi connectivity index (χ2v) is 6.56. The van der Waals surface area contributed by atoms with Crippen LogP contribution in [-0.2, 0) is 4.79 Å². The molecule has 0 aliphatic rings. The van der Waals surface area contributed by atoms with E-state index in [0.717, 1.165) is 25.7 Å². The molecule has 26 heavy (non-hydrogen) atoms. The van der Waals surface area contributed by atoms with E-state index in [2.05, 4.69) is 49.5 Å². The van der Waals surface area contributed by atoms with E-state index in [1.54, 1.807) is 0 Å². The Morgan fingerprint density at radius 3 is 1.54 bits per heavy atom. The van der Waals surface area contributed by atoms with Crippen molar-refractivity contribution in [3.05, 3.63) is 60.8 Å². The van der Waals surface area contributed by atoms with Crippen molar-refractivity contribution in [2.24, 2.45) is 0 Å². The van der Waals surface area contributed by atoms with E-state index in [-0.39, 0.29) is 0 Å². The topological polar surface area (TPSA) is 37.3 Å². The fourth-order valence-corrected chi connectivity index (χ4v) is 2.49. The average molecular weight is 359 g/mol. The van der Waals surface area contributed by atoms with Crippen LogP contribution in [0.2, 0.25) is 0 Å². The fraction of sp³-hybridized carbons (Fsp3) is 0.542. The highest BCUT2D eigenvalue weighted by molar-refractivity contribution is 5.66. The summed E-state index contributed by atoms with van der Waals surface area (Å²) in [5, 5.41) is 8.55. The number of carboxylic acids is 1. The van der Waals surface area contributed by atoms with Crippen LogP contribution in [0.1, 0.15) is 84.0 Å². The van der Waals surface area contributed by atoms with Crippen LogP contribution in [0, 0.1) is 0 Å². The first kappa shape index (κ1) is 24.2. The van der Waals surface area contributed by atoms with Gasteiger partial charge in [0.25, 0.3) is 0 Å². The number of aliphatic carboxylic acids is 1. The summed E-state index contributed by atoms with van der Waals surface area (Å²) in [5.74, 6) is -0.677. The first-order valence-corrected chi connectivity index (χ1v) is 10.3. The Morgan fingerprint density at radius 2 is 1.04 bits per heavy atom. The minimum atomic E-state index is -0.677. The third-order valence-corrected chi connectivity index (χ3v) is 4.04. The predicted octanol–water partition coefficient (Wildman–Crippen LogP) is 7.55. The summed E-state index contributed by atoms with van der Waals surface area (Å²) in [6, 6.07) is 0. The van der Waals surface area contributed by atoms with E-state index in [1.165, 1.54) is 44.9 Å². The van der Waals surface area contributed by atoms with Gasteiger partial charge in [0.2, 0.25) is 0 Å². The van der Waals surface area contributed by atoms with Crippen molar-refractivity contribution in [1.82, 2.24) is 0 Å². The Balaban J connectivity index is 3.45. The predicted molar refractivity (Wildman–Crippen MR) is 114 cm³/mol. The molecule has 0 saturated carbocycles. The highest BCUT2D eigenvalue weighted by atomic mass is 16.4. The lowest BCUT2D eigenvalue weighted by atomic mass is 10.1. The number of hydrogen-bond donors (Lipinski definition) is 1. The Labute approximate surface area is 161 Å². The quantitative estimate of drug-likeness (QED) is 0.215. The van der Waals surface area contributed by atoms with Gasteiger partial charge in [-0.25, -0.2) is 0 Å². The molecule has 0 bridgehead atoms. The minimum Gasteiger partial charge on any atom is -0.481 e. The van der Waals surface area contributed by atoms with E-state index in [4.69, 9.17) is 5.11 Å². The molecule has 0 atom stereocenters. The molecule has 146 valence electrons. The highest BCUT2D eigenvalue weighted by Crippen LogP contribution is 2.08. The van der Waals surface area contributed by atoms with Crippen molar-refractivity contribution in [1.29, 1.82) is 0 Å². The van der Waals surface area contributed by atoms with Gasteiger partial charge in [0.1, 0.15) is 0 Å². The van der Waals surface area contributed by atoms with Gasteiger partial charge in [-0.3, -0.25) is 4.79 Å². The third-order valence-electron chi connectivity index (χ3n) is 4.04. The number of hydrogen-bond acceptors (Lipinski definition) is 1. The zero-order valence-electron chi connectivity index (χ0n) is 16.6. The third kappa shape index (κ3) is 22.2. The molecule has 2 heteroatoms. The monoisotopic (exact) mass is 358 g/mol. The highest BCUT2D eigenvalue weighted by Gasteiger charge is 1.95. The van der Waals surface area contributed by atoms with Gasteiger partial charge in [0.15, 0.2) is 0 Å². The normalized spacial score (nSPS) is 12.7. The van der Waals surface area contributed by atoms with Crippen LogP contribution in [0.5, 0.6) is 0 Å². The van der Waals surface area contributed by atoms with E-state index in [1.807, 2.05) is 18.2 Å². The lowest BCUT2D eigenvalue weighted by molar-refractivity contribution is -0.137. The van der Waals surface area contributed by atoms with Crippen molar-refractivity contribution >= 4 is 5.97 Å². The molecule has 0 rings (SSSR count). The van der Waals surface area contributed by atoms with Gasteiger partial charge in [-0.05, 0) is 32.1 Å². The van der Waals surface area contributed by atoms with Crippen molar-refractivity contribution in [3.8, 4) is 0 Å². The number of rotatable bonds is 17. The summed E-state index contributed by atoms with van der Waals surface area (Å²) in [6.45, 7) is 2.23. The molecule has 0 aromatic carbocycles. The SMILES string of the molecule is CCCCC/C=C/C=C/C=C/C=C/C=C\CCCCCCCCC(=O)O. The summed E-state index contributed by atoms with van der Waals surface area (Å²) in [4.78, 5) is 10.4. The lowest BCUT2D eigenvalue weighted by Gasteiger charge is -1.99. The van der Waals surface area contributed by atoms with Crippen LogP contribution in [0.3, 0.4) is 0 Å². The molecule has 0 radical (unpaired) electrons. The molecular formula is C24H38O2. The van der Waals surface area contributed by atoms with Crippen molar-refractivity contribution < 1.29 is 9.90 Å². The molecule has 0 fully saturated rings. The van der Waals surface area contributed by atoms with Gasteiger partial charge >= 0.3 is 5.97 Å². The smallest absolute Gasteiger partial charge is 0.303 e. The van der Waals surface area contributed by atoms with Crippen molar-refractivity contribution in [2.75, 3.05) is 0 Å². The van der Waals surface area contributed by atoms with E-state index in [0.29, 0.717) is 6.42 Å². The Bertz CT molecular complexity index is 453. The molecule has 0 aliphatic heterocycles. The number of carbonyl (C=O) groups is 1. The van der Waals surface area contributed by atoms with Crippen LogP contribution >= 0.6 is 0 Å². The molecule has 0 aliphatic carbocycles. The molecule has 0 heterocycles. The summed E-state index contributed by atoms with van der Waals surface area (Å²) in [6.07, 6.45) is 34.2. The van der Waals surface area contributed by atoms with E-state index >= 15 is 0 Å². The van der Waals surface area contributed by atoms with Crippen LogP contribution in [-0.4, -0.2) is 11.1 Å². The summed E-state index contributed by atoms with van der Waals surface area (Å²) < 4.78 is 0. The van der Waals surface area contributed by atoms with Gasteiger partial charge in [0.05, 0.1) is 0 Å². The Kier molecular flexibility index (Phi) is 19.7. The second-order valence-electron chi connectivity index (χ2n) is 6.56. The number of allylic oxidation sites excluding steroid dienone is 10. The fourth-order valence-electron chi connectivity index (χ4n) is 2.49. The maximum absolute atomic E-state index is 10.4. The molecule has 0 amide bonds. The van der Waals surface area contributed by atoms with Gasteiger partial charge in [-0.2, -0.15) is 0 Å². The average Bonchev–Trinajstić information content (AvgIpc) is 2.62. The van der Waals surface area contributed by atoms with Gasteiger partial charge < -0.3 is 5.11 Å². The molecule has 0 unspecified atom stereocenters. The molecule has 0 spiro atoms. The maximum Gasteiger partial charge on any atom is 0.303 e. The van der Waals surface area contributed by atoms with Gasteiger partial charge in [-0.15, -0.1) is 0 Å². The molecular weight excluding hydrogens is 320 g/mol. The minimum absolute atomic E-state index is 0.315. The zero-order valence-corrected chi connectivity index (χ0v) is 16.6. The maximum atomic E-state index is 10.4. The number of unbranched alkanes of at least 4 members (excludes halogenated alkanes) is 9. The lowest BCUT2D eigenvalue weighted by Crippen LogP contribution is -1.93.